The number of sulfonamides is 1. The van der Waals surface area contributed by atoms with Gasteiger partial charge in [0.2, 0.25) is 10.0 Å². The van der Waals surface area contributed by atoms with Gasteiger partial charge in [0.05, 0.1) is 11.7 Å². The highest BCUT2D eigenvalue weighted by atomic mass is 32.2. The van der Waals surface area contributed by atoms with Crippen LogP contribution in [-0.4, -0.2) is 62.3 Å². The van der Waals surface area contributed by atoms with Crippen LogP contribution in [0.25, 0.3) is 0 Å². The number of carbonyl (C=O) groups excluding carboxylic acids is 1. The third kappa shape index (κ3) is 6.39. The lowest BCUT2D eigenvalue weighted by Crippen LogP contribution is -2.46. The molecule has 0 aromatic rings. The Bertz CT molecular complexity index is 421. The molecule has 0 saturated carbocycles. The molecule has 0 spiro atoms. The molecule has 19 heavy (non-hydrogen) atoms. The molecular formula is C10H21N3O5S. The summed E-state index contributed by atoms with van der Waals surface area (Å²) in [6.07, 6.45) is 0. The monoisotopic (exact) mass is 295 g/mol. The van der Waals surface area contributed by atoms with Crippen LogP contribution >= 0.6 is 0 Å². The Morgan fingerprint density at radius 1 is 1.26 bits per heavy atom. The fraction of sp³-hybridized carbons (Fsp3) is 0.800. The van der Waals surface area contributed by atoms with Gasteiger partial charge in [0, 0.05) is 26.7 Å². The fourth-order valence-corrected chi connectivity index (χ4v) is 1.80. The molecule has 2 amide bonds. The van der Waals surface area contributed by atoms with Gasteiger partial charge >= 0.3 is 12.0 Å². The van der Waals surface area contributed by atoms with Crippen molar-refractivity contribution in [3.8, 4) is 0 Å². The number of nitrogens with one attached hydrogen (secondary N) is 2. The third-order valence-corrected chi connectivity index (χ3v) is 4.53. The molecule has 0 aromatic heterocycles. The van der Waals surface area contributed by atoms with Crippen molar-refractivity contribution in [3.63, 3.8) is 0 Å². The largest absolute Gasteiger partial charge is 0.481 e. The van der Waals surface area contributed by atoms with Crippen LogP contribution in [0.4, 0.5) is 4.79 Å². The summed E-state index contributed by atoms with van der Waals surface area (Å²) < 4.78 is 23.9. The van der Waals surface area contributed by atoms with E-state index in [2.05, 4.69) is 10.6 Å². The Kier molecular flexibility index (Phi) is 6.77. The van der Waals surface area contributed by atoms with E-state index in [0.29, 0.717) is 0 Å². The molecule has 2 atom stereocenters. The van der Waals surface area contributed by atoms with Gasteiger partial charge in [-0.25, -0.2) is 17.5 Å². The van der Waals surface area contributed by atoms with E-state index >= 15 is 0 Å². The van der Waals surface area contributed by atoms with E-state index in [4.69, 9.17) is 5.11 Å². The minimum absolute atomic E-state index is 0.0412. The second-order valence-corrected chi connectivity index (χ2v) is 6.72. The average Bonchev–Trinajstić information content (AvgIpc) is 2.26. The quantitative estimate of drug-likeness (QED) is 0.573. The zero-order valence-electron chi connectivity index (χ0n) is 11.5. The lowest BCUT2D eigenvalue weighted by molar-refractivity contribution is -0.141. The summed E-state index contributed by atoms with van der Waals surface area (Å²) in [5, 5.41) is 13.6. The highest BCUT2D eigenvalue weighted by Gasteiger charge is 2.21. The normalized spacial score (nSPS) is 14.8. The minimum atomic E-state index is -3.36. The number of carbonyl (C=O) groups is 2. The Hall–Kier alpha value is -1.35. The average molecular weight is 295 g/mol. The van der Waals surface area contributed by atoms with Crippen LogP contribution in [0.3, 0.4) is 0 Å². The molecule has 3 N–H and O–H groups in total. The molecule has 2 unspecified atom stereocenters. The van der Waals surface area contributed by atoms with Crippen molar-refractivity contribution in [2.45, 2.75) is 19.9 Å². The van der Waals surface area contributed by atoms with E-state index in [1.807, 2.05) is 0 Å². The van der Waals surface area contributed by atoms with Crippen LogP contribution in [0.5, 0.6) is 0 Å². The highest BCUT2D eigenvalue weighted by Crippen LogP contribution is 2.01. The second-order valence-electron chi connectivity index (χ2n) is 4.41. The van der Waals surface area contributed by atoms with Gasteiger partial charge in [-0.3, -0.25) is 4.79 Å². The number of hydrogen-bond acceptors (Lipinski definition) is 4. The summed E-state index contributed by atoms with van der Waals surface area (Å²) >= 11 is 0. The first-order valence-corrected chi connectivity index (χ1v) is 7.36. The Labute approximate surface area is 113 Å². The van der Waals surface area contributed by atoms with E-state index in [9.17, 15) is 18.0 Å². The number of carboxylic acids is 1. The van der Waals surface area contributed by atoms with E-state index in [-0.39, 0.29) is 12.3 Å². The van der Waals surface area contributed by atoms with Crippen LogP contribution in [0, 0.1) is 5.92 Å². The summed E-state index contributed by atoms with van der Waals surface area (Å²) in [6, 6.07) is -1.14. The molecule has 8 nitrogen and oxygen atoms in total. The van der Waals surface area contributed by atoms with Crippen molar-refractivity contribution < 1.29 is 23.1 Å². The maximum atomic E-state index is 11.4. The van der Waals surface area contributed by atoms with Crippen LogP contribution in [0.1, 0.15) is 13.8 Å². The van der Waals surface area contributed by atoms with Gasteiger partial charge < -0.3 is 15.7 Å². The van der Waals surface area contributed by atoms with Crippen molar-refractivity contribution in [2.24, 2.45) is 5.92 Å². The number of hydrogen-bond donors (Lipinski definition) is 3. The first kappa shape index (κ1) is 17.6. The van der Waals surface area contributed by atoms with E-state index in [0.717, 1.165) is 4.31 Å². The Morgan fingerprint density at radius 2 is 1.79 bits per heavy atom. The predicted octanol–water partition coefficient (Wildman–Crippen LogP) is -0.714. The minimum Gasteiger partial charge on any atom is -0.481 e. The Morgan fingerprint density at radius 3 is 2.21 bits per heavy atom. The smallest absolute Gasteiger partial charge is 0.315 e. The highest BCUT2D eigenvalue weighted by molar-refractivity contribution is 7.89. The van der Waals surface area contributed by atoms with Crippen molar-refractivity contribution in [1.29, 1.82) is 0 Å². The first-order valence-electron chi connectivity index (χ1n) is 5.75. The third-order valence-electron chi connectivity index (χ3n) is 2.70. The molecule has 0 aliphatic heterocycles. The number of urea groups is 1. The number of rotatable bonds is 7. The number of nitrogens with zero attached hydrogens (tertiary/aromatic N) is 1. The zero-order chi connectivity index (χ0) is 15.2. The summed E-state index contributed by atoms with van der Waals surface area (Å²) in [5.74, 6) is -1.95. The van der Waals surface area contributed by atoms with Crippen LogP contribution < -0.4 is 10.6 Å². The predicted molar refractivity (Wildman–Crippen MR) is 70.3 cm³/mol. The van der Waals surface area contributed by atoms with Gasteiger partial charge in [-0.05, 0) is 13.8 Å². The molecule has 0 heterocycles. The van der Waals surface area contributed by atoms with Gasteiger partial charge in [0.25, 0.3) is 0 Å². The zero-order valence-corrected chi connectivity index (χ0v) is 12.3. The van der Waals surface area contributed by atoms with Gasteiger partial charge in [0.15, 0.2) is 0 Å². The summed E-state index contributed by atoms with van der Waals surface area (Å²) in [5.41, 5.74) is 0. The van der Waals surface area contributed by atoms with Gasteiger partial charge in [-0.2, -0.15) is 0 Å². The van der Waals surface area contributed by atoms with Crippen LogP contribution in [0.2, 0.25) is 0 Å². The topological polar surface area (TPSA) is 116 Å². The number of aliphatic carboxylic acids is 1. The molecule has 0 aliphatic carbocycles. The van der Waals surface area contributed by atoms with E-state index in [1.54, 1.807) is 6.92 Å². The van der Waals surface area contributed by atoms with E-state index < -0.39 is 34.0 Å². The van der Waals surface area contributed by atoms with Crippen LogP contribution in [0.15, 0.2) is 0 Å². The van der Waals surface area contributed by atoms with Crippen molar-refractivity contribution >= 4 is 22.0 Å². The van der Waals surface area contributed by atoms with Gasteiger partial charge in [-0.1, -0.05) is 0 Å². The van der Waals surface area contributed by atoms with Crippen molar-refractivity contribution in [2.75, 3.05) is 26.4 Å². The lowest BCUT2D eigenvalue weighted by atomic mass is 10.0. The SMILES string of the molecule is CC(NC(=O)NCCS(=O)(=O)N(C)C)C(C)C(=O)O. The number of carboxylic acid groups (broad SMARTS) is 1. The molecule has 0 radical (unpaired) electrons. The molecule has 112 valence electrons. The Balaban J connectivity index is 4.11. The first-order chi connectivity index (χ1) is 8.58. The van der Waals surface area contributed by atoms with Gasteiger partial charge in [0.1, 0.15) is 0 Å². The molecule has 0 aliphatic rings. The fourth-order valence-electron chi connectivity index (χ4n) is 1.07. The maximum Gasteiger partial charge on any atom is 0.315 e. The number of amides is 2. The molecule has 0 aromatic carbocycles. The molecule has 9 heteroatoms. The summed E-state index contributed by atoms with van der Waals surface area (Å²) in [4.78, 5) is 22.1. The molecule has 0 fully saturated rings. The van der Waals surface area contributed by atoms with Crippen LogP contribution in [-0.2, 0) is 14.8 Å². The maximum absolute atomic E-state index is 11.4. The molecular weight excluding hydrogens is 274 g/mol. The molecule has 0 rings (SSSR count). The second kappa shape index (κ2) is 7.29. The molecule has 0 saturated heterocycles. The van der Waals surface area contributed by atoms with Crippen molar-refractivity contribution in [1.82, 2.24) is 14.9 Å². The summed E-state index contributed by atoms with van der Waals surface area (Å²) in [6.45, 7) is 3.00. The van der Waals surface area contributed by atoms with Gasteiger partial charge in [-0.15, -0.1) is 0 Å². The standard InChI is InChI=1S/C10H21N3O5S/c1-7(9(14)15)8(2)12-10(16)11-5-6-19(17,18)13(3)4/h7-8H,5-6H2,1-4H3,(H,14,15)(H2,11,12,16). The van der Waals surface area contributed by atoms with Crippen molar-refractivity contribution in [3.05, 3.63) is 0 Å². The lowest BCUT2D eigenvalue weighted by Gasteiger charge is -2.18. The summed E-state index contributed by atoms with van der Waals surface area (Å²) in [7, 11) is -0.538. The van der Waals surface area contributed by atoms with E-state index in [1.165, 1.54) is 21.0 Å². The molecule has 0 bridgehead atoms.